The number of hydrogen-bond donors (Lipinski definition) is 0. The molecule has 5 rings (SSSR count). The lowest BCUT2D eigenvalue weighted by molar-refractivity contribution is 0.601. The van der Waals surface area contributed by atoms with E-state index in [1.54, 1.807) is 36.4 Å². The minimum atomic E-state index is -3.44. The minimum absolute atomic E-state index is 0.0422. The van der Waals surface area contributed by atoms with Crippen molar-refractivity contribution in [2.24, 2.45) is 0 Å². The first-order valence-electron chi connectivity index (χ1n) is 9.93. The highest BCUT2D eigenvalue weighted by atomic mass is 79.9. The second-order valence-electron chi connectivity index (χ2n) is 7.50. The molecule has 3 aromatic carbocycles. The average Bonchev–Trinajstić information content (AvgIpc) is 3.24. The van der Waals surface area contributed by atoms with E-state index in [-0.39, 0.29) is 16.1 Å². The number of halogens is 2. The molecule has 0 spiro atoms. The van der Waals surface area contributed by atoms with Crippen LogP contribution in [0.15, 0.2) is 87.0 Å². The van der Waals surface area contributed by atoms with Gasteiger partial charge in [-0.05, 0) is 54.6 Å². The van der Waals surface area contributed by atoms with Crippen LogP contribution in [-0.4, -0.2) is 39.2 Å². The Hall–Kier alpha value is -3.34. The molecule has 0 saturated heterocycles. The molecular weight excluding hydrogens is 542 g/mol. The molecule has 0 saturated carbocycles. The van der Waals surface area contributed by atoms with Crippen LogP contribution in [-0.2, 0) is 9.84 Å². The van der Waals surface area contributed by atoms with Crippen molar-refractivity contribution in [1.82, 2.24) is 24.5 Å². The summed E-state index contributed by atoms with van der Waals surface area (Å²) in [6.45, 7) is 0. The standard InChI is InChI=1S/C23H15BrClN5O3S/c1-34(32,33)19-4-2-3-18(13-19)30-22-20(27-28-30)23(31)29(17-11-9-16(25)10-12-17)21(26-22)14-5-7-15(24)8-6-14/h2-13H,1H3. The number of benzene rings is 3. The quantitative estimate of drug-likeness (QED) is 0.324. The predicted octanol–water partition coefficient (Wildman–Crippen LogP) is 4.45. The van der Waals surface area contributed by atoms with Crippen LogP contribution in [0.25, 0.3) is 33.9 Å². The normalized spacial score (nSPS) is 11.7. The number of fused-ring (bicyclic) bond motifs is 1. The Morgan fingerprint density at radius 3 is 2.32 bits per heavy atom. The number of aromatic nitrogens is 5. The van der Waals surface area contributed by atoms with Crippen LogP contribution in [0.5, 0.6) is 0 Å². The molecule has 2 aromatic heterocycles. The molecule has 5 aromatic rings. The van der Waals surface area contributed by atoms with Gasteiger partial charge in [0, 0.05) is 21.3 Å². The van der Waals surface area contributed by atoms with Crippen LogP contribution in [0.2, 0.25) is 5.02 Å². The van der Waals surface area contributed by atoms with Gasteiger partial charge in [-0.15, -0.1) is 5.10 Å². The van der Waals surface area contributed by atoms with Crippen molar-refractivity contribution in [3.05, 3.63) is 92.6 Å². The van der Waals surface area contributed by atoms with Crippen molar-refractivity contribution in [2.45, 2.75) is 4.90 Å². The summed E-state index contributed by atoms with van der Waals surface area (Å²) in [6, 6.07) is 20.4. The highest BCUT2D eigenvalue weighted by Gasteiger charge is 2.20. The minimum Gasteiger partial charge on any atom is -0.266 e. The van der Waals surface area contributed by atoms with Crippen LogP contribution in [0.1, 0.15) is 0 Å². The van der Waals surface area contributed by atoms with Crippen molar-refractivity contribution < 1.29 is 8.42 Å². The van der Waals surface area contributed by atoms with E-state index in [9.17, 15) is 13.2 Å². The van der Waals surface area contributed by atoms with Crippen molar-refractivity contribution in [3.63, 3.8) is 0 Å². The molecule has 0 aliphatic rings. The maximum absolute atomic E-state index is 13.6. The molecule has 0 aliphatic heterocycles. The van der Waals surface area contributed by atoms with Gasteiger partial charge in [0.05, 0.1) is 16.3 Å². The Balaban J connectivity index is 1.82. The van der Waals surface area contributed by atoms with Crippen molar-refractivity contribution in [3.8, 4) is 22.8 Å². The highest BCUT2D eigenvalue weighted by Crippen LogP contribution is 2.25. The Labute approximate surface area is 207 Å². The lowest BCUT2D eigenvalue weighted by atomic mass is 10.2. The molecule has 0 amide bonds. The molecule has 0 fully saturated rings. The summed E-state index contributed by atoms with van der Waals surface area (Å²) in [5.74, 6) is 0.371. The molecule has 0 atom stereocenters. The van der Waals surface area contributed by atoms with E-state index < -0.39 is 15.4 Å². The number of sulfone groups is 1. The zero-order valence-corrected chi connectivity index (χ0v) is 20.7. The first kappa shape index (κ1) is 22.5. The Morgan fingerprint density at radius 2 is 1.65 bits per heavy atom. The van der Waals surface area contributed by atoms with Gasteiger partial charge in [-0.3, -0.25) is 9.36 Å². The Morgan fingerprint density at radius 1 is 0.941 bits per heavy atom. The van der Waals surface area contributed by atoms with Gasteiger partial charge in [0.2, 0.25) is 0 Å². The van der Waals surface area contributed by atoms with Crippen LogP contribution in [0.4, 0.5) is 0 Å². The Bertz CT molecular complexity index is 1710. The fraction of sp³-hybridized carbons (Fsp3) is 0.0435. The molecule has 2 heterocycles. The first-order chi connectivity index (χ1) is 16.2. The molecular formula is C23H15BrClN5O3S. The first-order valence-corrected chi connectivity index (χ1v) is 13.0. The number of hydrogen-bond acceptors (Lipinski definition) is 6. The summed E-state index contributed by atoms with van der Waals surface area (Å²) in [5, 5.41) is 8.72. The van der Waals surface area contributed by atoms with Gasteiger partial charge >= 0.3 is 0 Å². The summed E-state index contributed by atoms with van der Waals surface area (Å²) < 4.78 is 27.8. The van der Waals surface area contributed by atoms with Gasteiger partial charge in [-0.1, -0.05) is 50.9 Å². The third-order valence-corrected chi connectivity index (χ3v) is 7.04. The molecule has 8 nitrogen and oxygen atoms in total. The summed E-state index contributed by atoms with van der Waals surface area (Å²) >= 11 is 9.47. The van der Waals surface area contributed by atoms with Crippen LogP contribution >= 0.6 is 27.5 Å². The molecule has 170 valence electrons. The molecule has 0 N–H and O–H groups in total. The van der Waals surface area contributed by atoms with E-state index in [0.29, 0.717) is 27.8 Å². The maximum atomic E-state index is 13.6. The second kappa shape index (κ2) is 8.46. The average molecular weight is 557 g/mol. The van der Waals surface area contributed by atoms with Crippen LogP contribution < -0.4 is 5.56 Å². The van der Waals surface area contributed by atoms with E-state index in [1.165, 1.54) is 21.4 Å². The van der Waals surface area contributed by atoms with E-state index >= 15 is 0 Å². The molecule has 34 heavy (non-hydrogen) atoms. The predicted molar refractivity (Wildman–Crippen MR) is 134 cm³/mol. The highest BCUT2D eigenvalue weighted by molar-refractivity contribution is 9.10. The van der Waals surface area contributed by atoms with Gasteiger partial charge in [-0.25, -0.2) is 13.4 Å². The third kappa shape index (κ3) is 4.04. The van der Waals surface area contributed by atoms with Gasteiger partial charge in [-0.2, -0.15) is 4.68 Å². The SMILES string of the molecule is CS(=O)(=O)c1cccc(-n2nnc3c(=O)n(-c4ccc(Cl)cc4)c(-c4ccc(Br)cc4)nc32)c1. The molecule has 0 bridgehead atoms. The molecule has 0 aliphatic carbocycles. The van der Waals surface area contributed by atoms with E-state index in [0.717, 1.165) is 10.7 Å². The van der Waals surface area contributed by atoms with Crippen molar-refractivity contribution >= 4 is 48.5 Å². The second-order valence-corrected chi connectivity index (χ2v) is 10.9. The van der Waals surface area contributed by atoms with Gasteiger partial charge in [0.25, 0.3) is 5.56 Å². The third-order valence-electron chi connectivity index (χ3n) is 5.15. The summed E-state index contributed by atoms with van der Waals surface area (Å²) in [7, 11) is -3.44. The summed E-state index contributed by atoms with van der Waals surface area (Å²) in [4.78, 5) is 18.5. The molecule has 11 heteroatoms. The van der Waals surface area contributed by atoms with E-state index in [4.69, 9.17) is 16.6 Å². The van der Waals surface area contributed by atoms with Crippen LogP contribution in [0.3, 0.4) is 0 Å². The smallest absolute Gasteiger partial charge is 0.266 e. The number of rotatable bonds is 4. The fourth-order valence-corrected chi connectivity index (χ4v) is 4.56. The zero-order chi connectivity index (χ0) is 24.0. The van der Waals surface area contributed by atoms with Crippen molar-refractivity contribution in [1.29, 1.82) is 0 Å². The number of nitrogens with zero attached hydrogens (tertiary/aromatic N) is 5. The largest absolute Gasteiger partial charge is 0.288 e. The van der Waals surface area contributed by atoms with E-state index in [2.05, 4.69) is 26.2 Å². The van der Waals surface area contributed by atoms with Gasteiger partial charge in [0.15, 0.2) is 21.0 Å². The summed E-state index contributed by atoms with van der Waals surface area (Å²) in [6.07, 6.45) is 1.13. The van der Waals surface area contributed by atoms with Gasteiger partial charge in [0.1, 0.15) is 5.82 Å². The van der Waals surface area contributed by atoms with Crippen molar-refractivity contribution in [2.75, 3.05) is 6.26 Å². The van der Waals surface area contributed by atoms with E-state index in [1.807, 2.05) is 24.3 Å². The molecule has 0 unspecified atom stereocenters. The monoisotopic (exact) mass is 555 g/mol. The zero-order valence-electron chi connectivity index (χ0n) is 17.6. The Kier molecular flexibility index (Phi) is 5.59. The topological polar surface area (TPSA) is 99.7 Å². The maximum Gasteiger partial charge on any atom is 0.288 e. The molecule has 0 radical (unpaired) electrons. The fourth-order valence-electron chi connectivity index (χ4n) is 3.51. The lowest BCUT2D eigenvalue weighted by Gasteiger charge is -2.13. The summed E-state index contributed by atoms with van der Waals surface area (Å²) in [5.41, 5.74) is 1.50. The van der Waals surface area contributed by atoms with Crippen LogP contribution in [0, 0.1) is 0 Å². The lowest BCUT2D eigenvalue weighted by Crippen LogP contribution is -2.22. The van der Waals surface area contributed by atoms with Gasteiger partial charge < -0.3 is 0 Å².